The van der Waals surface area contributed by atoms with Gasteiger partial charge in [-0.1, -0.05) is 0 Å². The summed E-state index contributed by atoms with van der Waals surface area (Å²) in [4.78, 5) is 14.7. The fourth-order valence-corrected chi connectivity index (χ4v) is 1.64. The number of aryl methyl sites for hydroxylation is 2. The van der Waals surface area contributed by atoms with Crippen LogP contribution in [0.1, 0.15) is 27.7 Å². The van der Waals surface area contributed by atoms with E-state index in [1.807, 2.05) is 0 Å². The van der Waals surface area contributed by atoms with Crippen LogP contribution in [0.4, 0.5) is 14.5 Å². The van der Waals surface area contributed by atoms with Crippen molar-refractivity contribution in [2.45, 2.75) is 20.4 Å². The third kappa shape index (κ3) is 2.76. The standard InChI is InChI=1S/C13H12F2N2O3/c1-6-7(2)20-11(17-6)5-16-12-9(14)3-8(13(18)19)4-10(12)15/h3-4,16H,5H2,1-2H3,(H,18,19). The van der Waals surface area contributed by atoms with E-state index in [0.29, 0.717) is 17.3 Å². The maximum atomic E-state index is 13.6. The first-order valence-corrected chi connectivity index (χ1v) is 5.77. The van der Waals surface area contributed by atoms with Crippen molar-refractivity contribution in [3.8, 4) is 0 Å². The van der Waals surface area contributed by atoms with E-state index in [-0.39, 0.29) is 6.54 Å². The Bertz CT molecular complexity index is 625. The van der Waals surface area contributed by atoms with Crippen molar-refractivity contribution in [2.75, 3.05) is 5.32 Å². The number of anilines is 1. The number of carbonyl (C=O) groups is 1. The first-order valence-electron chi connectivity index (χ1n) is 5.77. The zero-order valence-electron chi connectivity index (χ0n) is 10.8. The molecule has 0 bridgehead atoms. The molecular formula is C13H12F2N2O3. The molecule has 1 heterocycles. The SMILES string of the molecule is Cc1nc(CNc2c(F)cc(C(=O)O)cc2F)oc1C. The smallest absolute Gasteiger partial charge is 0.335 e. The Balaban J connectivity index is 2.19. The van der Waals surface area contributed by atoms with Crippen molar-refractivity contribution < 1.29 is 23.1 Å². The lowest BCUT2D eigenvalue weighted by molar-refractivity contribution is 0.0696. The molecule has 0 spiro atoms. The molecule has 1 aromatic heterocycles. The van der Waals surface area contributed by atoms with Crippen LogP contribution in [-0.4, -0.2) is 16.1 Å². The van der Waals surface area contributed by atoms with E-state index < -0.39 is 28.9 Å². The summed E-state index contributed by atoms with van der Waals surface area (Å²) in [7, 11) is 0. The zero-order valence-corrected chi connectivity index (χ0v) is 10.8. The molecule has 0 unspecified atom stereocenters. The molecule has 0 saturated heterocycles. The van der Waals surface area contributed by atoms with Gasteiger partial charge < -0.3 is 14.8 Å². The van der Waals surface area contributed by atoms with Gasteiger partial charge in [-0.15, -0.1) is 0 Å². The predicted octanol–water partition coefficient (Wildman–Crippen LogP) is 2.88. The molecule has 0 aliphatic heterocycles. The first-order chi connectivity index (χ1) is 9.38. The van der Waals surface area contributed by atoms with Crippen molar-refractivity contribution in [2.24, 2.45) is 0 Å². The van der Waals surface area contributed by atoms with Crippen molar-refractivity contribution in [1.82, 2.24) is 4.98 Å². The maximum absolute atomic E-state index is 13.6. The number of benzene rings is 1. The lowest BCUT2D eigenvalue weighted by atomic mass is 10.2. The minimum Gasteiger partial charge on any atom is -0.478 e. The molecule has 2 rings (SSSR count). The van der Waals surface area contributed by atoms with Crippen molar-refractivity contribution >= 4 is 11.7 Å². The molecule has 0 radical (unpaired) electrons. The van der Waals surface area contributed by atoms with Crippen LogP contribution in [0.3, 0.4) is 0 Å². The van der Waals surface area contributed by atoms with Gasteiger partial charge in [0.15, 0.2) is 0 Å². The average Bonchev–Trinajstić information content (AvgIpc) is 2.67. The predicted molar refractivity (Wildman–Crippen MR) is 66.6 cm³/mol. The Kier molecular flexibility index (Phi) is 3.69. The summed E-state index contributed by atoms with van der Waals surface area (Å²) in [6.45, 7) is 3.48. The molecule has 7 heteroatoms. The normalized spacial score (nSPS) is 10.6. The number of carboxylic acid groups (broad SMARTS) is 1. The number of halogens is 2. The van der Waals surface area contributed by atoms with Crippen molar-refractivity contribution in [1.29, 1.82) is 0 Å². The first kappa shape index (κ1) is 14.0. The topological polar surface area (TPSA) is 75.4 Å². The van der Waals surface area contributed by atoms with E-state index in [9.17, 15) is 13.6 Å². The number of aromatic carboxylic acids is 1. The molecule has 1 aromatic carbocycles. The van der Waals surface area contributed by atoms with Gasteiger partial charge >= 0.3 is 5.97 Å². The molecule has 0 aliphatic carbocycles. The molecule has 106 valence electrons. The molecule has 0 fully saturated rings. The zero-order chi connectivity index (χ0) is 14.9. The Morgan fingerprint density at radius 3 is 2.40 bits per heavy atom. The van der Waals surface area contributed by atoms with E-state index in [1.165, 1.54) is 0 Å². The molecule has 0 atom stereocenters. The summed E-state index contributed by atoms with van der Waals surface area (Å²) in [6, 6.07) is 1.50. The van der Waals surface area contributed by atoms with Crippen LogP contribution in [0.15, 0.2) is 16.5 Å². The van der Waals surface area contributed by atoms with Crippen molar-refractivity contribution in [3.05, 3.63) is 46.7 Å². The lowest BCUT2D eigenvalue weighted by Crippen LogP contribution is -2.07. The number of oxazole rings is 1. The number of rotatable bonds is 4. The fraction of sp³-hybridized carbons (Fsp3) is 0.231. The second-order valence-electron chi connectivity index (χ2n) is 4.22. The number of carboxylic acids is 1. The second kappa shape index (κ2) is 5.28. The number of nitrogens with zero attached hydrogens (tertiary/aromatic N) is 1. The molecule has 0 amide bonds. The van der Waals surface area contributed by atoms with Crippen LogP contribution in [0.25, 0.3) is 0 Å². The van der Waals surface area contributed by atoms with Crippen LogP contribution < -0.4 is 5.32 Å². The minimum atomic E-state index is -1.40. The van der Waals surface area contributed by atoms with E-state index in [4.69, 9.17) is 9.52 Å². The third-order valence-corrected chi connectivity index (χ3v) is 2.78. The van der Waals surface area contributed by atoms with E-state index in [0.717, 1.165) is 12.1 Å². The average molecular weight is 282 g/mol. The van der Waals surface area contributed by atoms with E-state index in [2.05, 4.69) is 10.3 Å². The van der Waals surface area contributed by atoms with Gasteiger partial charge in [0.2, 0.25) is 5.89 Å². The Morgan fingerprint density at radius 1 is 1.35 bits per heavy atom. The number of hydrogen-bond acceptors (Lipinski definition) is 4. The summed E-state index contributed by atoms with van der Waals surface area (Å²) in [5.41, 5.74) is -0.166. The third-order valence-electron chi connectivity index (χ3n) is 2.78. The van der Waals surface area contributed by atoms with Gasteiger partial charge in [-0.2, -0.15) is 0 Å². The Labute approximate surface area is 113 Å². The quantitative estimate of drug-likeness (QED) is 0.901. The summed E-state index contributed by atoms with van der Waals surface area (Å²) >= 11 is 0. The van der Waals surface area contributed by atoms with Crippen LogP contribution in [0, 0.1) is 25.5 Å². The number of aromatic nitrogens is 1. The van der Waals surface area contributed by atoms with Crippen molar-refractivity contribution in [3.63, 3.8) is 0 Å². The summed E-state index contributed by atoms with van der Waals surface area (Å²) in [5.74, 6) is -2.44. The van der Waals surface area contributed by atoms with Gasteiger partial charge in [0, 0.05) is 0 Å². The molecule has 0 aliphatic rings. The largest absolute Gasteiger partial charge is 0.478 e. The van der Waals surface area contributed by atoms with Crippen LogP contribution in [0.2, 0.25) is 0 Å². The molecule has 20 heavy (non-hydrogen) atoms. The van der Waals surface area contributed by atoms with Gasteiger partial charge in [-0.25, -0.2) is 18.6 Å². The molecule has 5 nitrogen and oxygen atoms in total. The highest BCUT2D eigenvalue weighted by molar-refractivity contribution is 5.88. The highest BCUT2D eigenvalue weighted by Crippen LogP contribution is 2.22. The Morgan fingerprint density at radius 2 is 1.95 bits per heavy atom. The number of hydrogen-bond donors (Lipinski definition) is 2. The van der Waals surface area contributed by atoms with Gasteiger partial charge in [-0.05, 0) is 26.0 Å². The summed E-state index contributed by atoms with van der Waals surface area (Å²) in [6.07, 6.45) is 0. The highest BCUT2D eigenvalue weighted by atomic mass is 19.1. The van der Waals surface area contributed by atoms with Gasteiger partial charge in [0.1, 0.15) is 23.1 Å². The lowest BCUT2D eigenvalue weighted by Gasteiger charge is -2.07. The monoisotopic (exact) mass is 282 g/mol. The summed E-state index contributed by atoms with van der Waals surface area (Å²) < 4.78 is 32.5. The van der Waals surface area contributed by atoms with Gasteiger partial charge in [-0.3, -0.25) is 0 Å². The second-order valence-corrected chi connectivity index (χ2v) is 4.22. The van der Waals surface area contributed by atoms with Crippen LogP contribution in [0.5, 0.6) is 0 Å². The number of nitrogens with one attached hydrogen (secondary N) is 1. The minimum absolute atomic E-state index is 0.00502. The molecule has 2 aromatic rings. The molecule has 0 saturated carbocycles. The Hall–Kier alpha value is -2.44. The van der Waals surface area contributed by atoms with Crippen LogP contribution in [-0.2, 0) is 6.54 Å². The fourth-order valence-electron chi connectivity index (χ4n) is 1.64. The highest BCUT2D eigenvalue weighted by Gasteiger charge is 2.15. The van der Waals surface area contributed by atoms with E-state index >= 15 is 0 Å². The molecular weight excluding hydrogens is 270 g/mol. The maximum Gasteiger partial charge on any atom is 0.335 e. The molecule has 2 N–H and O–H groups in total. The van der Waals surface area contributed by atoms with Gasteiger partial charge in [0.05, 0.1) is 17.8 Å². The van der Waals surface area contributed by atoms with Gasteiger partial charge in [0.25, 0.3) is 0 Å². The van der Waals surface area contributed by atoms with Crippen LogP contribution >= 0.6 is 0 Å². The summed E-state index contributed by atoms with van der Waals surface area (Å²) in [5, 5.41) is 11.2. The van der Waals surface area contributed by atoms with E-state index in [1.54, 1.807) is 13.8 Å².